The molecule has 6 heteroatoms. The highest BCUT2D eigenvalue weighted by atomic mass is 79.9. The molecule has 88 valence electrons. The van der Waals surface area contributed by atoms with Crippen molar-refractivity contribution in [2.45, 2.75) is 0 Å². The van der Waals surface area contributed by atoms with Crippen molar-refractivity contribution < 1.29 is 4.79 Å². The van der Waals surface area contributed by atoms with Gasteiger partial charge >= 0.3 is 0 Å². The fourth-order valence-corrected chi connectivity index (χ4v) is 5.42. The zero-order chi connectivity index (χ0) is 12.6. The minimum Gasteiger partial charge on any atom is -0.289 e. The summed E-state index contributed by atoms with van der Waals surface area (Å²) in [6.45, 7) is 0. The van der Waals surface area contributed by atoms with Crippen LogP contribution >= 0.6 is 75.1 Å². The lowest BCUT2D eigenvalue weighted by Gasteiger charge is -2.02. The second-order valence-electron chi connectivity index (χ2n) is 3.23. The predicted octanol–water partition coefficient (Wildman–Crippen LogP) is 6.03. The van der Waals surface area contributed by atoms with Crippen LogP contribution in [0.3, 0.4) is 0 Å². The smallest absolute Gasteiger partial charge is 0.195 e. The van der Waals surface area contributed by atoms with E-state index in [2.05, 4.69) is 63.7 Å². The summed E-state index contributed by atoms with van der Waals surface area (Å²) in [6.07, 6.45) is 0. The number of halogens is 4. The van der Waals surface area contributed by atoms with E-state index >= 15 is 0 Å². The van der Waals surface area contributed by atoms with Crippen molar-refractivity contribution in [3.63, 3.8) is 0 Å². The minimum atomic E-state index is 0.000764. The van der Waals surface area contributed by atoms with Crippen molar-refractivity contribution in [2.24, 2.45) is 0 Å². The van der Waals surface area contributed by atoms with E-state index in [1.807, 2.05) is 24.3 Å². The van der Waals surface area contributed by atoms with Crippen LogP contribution < -0.4 is 0 Å². The Kier molecular flexibility index (Phi) is 4.63. The number of thiophene rings is 1. The molecule has 0 fully saturated rings. The quantitative estimate of drug-likeness (QED) is 0.457. The van der Waals surface area contributed by atoms with E-state index in [1.165, 1.54) is 11.3 Å². The highest BCUT2D eigenvalue weighted by Gasteiger charge is 2.16. The third-order valence-electron chi connectivity index (χ3n) is 2.03. The lowest BCUT2D eigenvalue weighted by Crippen LogP contribution is -2.00. The summed E-state index contributed by atoms with van der Waals surface area (Å²) in [6, 6.07) is 7.34. The van der Waals surface area contributed by atoms with Gasteiger partial charge in [0.1, 0.15) is 0 Å². The highest BCUT2D eigenvalue weighted by molar-refractivity contribution is 9.12. The van der Waals surface area contributed by atoms with Crippen LogP contribution in [0.1, 0.15) is 15.9 Å². The molecule has 0 unspecified atom stereocenters. The van der Waals surface area contributed by atoms with Crippen molar-refractivity contribution in [1.29, 1.82) is 0 Å². The summed E-state index contributed by atoms with van der Waals surface area (Å²) in [4.78, 5) is 12.3. The van der Waals surface area contributed by atoms with Gasteiger partial charge < -0.3 is 0 Å². The van der Waals surface area contributed by atoms with Crippen LogP contribution in [0.15, 0.2) is 40.8 Å². The van der Waals surface area contributed by atoms with Crippen molar-refractivity contribution in [2.75, 3.05) is 0 Å². The third-order valence-corrected chi connectivity index (χ3v) is 5.28. The minimum absolute atomic E-state index is 0.000764. The molecule has 0 N–H and O–H groups in total. The normalized spacial score (nSPS) is 10.6. The molecule has 0 aliphatic carbocycles. The van der Waals surface area contributed by atoms with Crippen molar-refractivity contribution in [3.8, 4) is 0 Å². The summed E-state index contributed by atoms with van der Waals surface area (Å²) in [5.41, 5.74) is 1.32. The number of benzene rings is 1. The molecular formula is C11H4Br4OS. The van der Waals surface area contributed by atoms with Crippen LogP contribution in [0.25, 0.3) is 0 Å². The summed E-state index contributed by atoms with van der Waals surface area (Å²) in [5, 5.41) is 0. The molecule has 2 rings (SSSR count). The molecule has 0 saturated heterocycles. The lowest BCUT2D eigenvalue weighted by molar-refractivity contribution is 0.103. The van der Waals surface area contributed by atoms with Crippen LogP contribution in [0.5, 0.6) is 0 Å². The average Bonchev–Trinajstić information content (AvgIpc) is 2.55. The van der Waals surface area contributed by atoms with Gasteiger partial charge in [-0.2, -0.15) is 0 Å². The fourth-order valence-electron chi connectivity index (χ4n) is 1.34. The van der Waals surface area contributed by atoms with E-state index < -0.39 is 0 Å². The Balaban J connectivity index is 2.47. The zero-order valence-corrected chi connectivity index (χ0v) is 15.3. The molecule has 17 heavy (non-hydrogen) atoms. The Labute approximate surface area is 136 Å². The maximum absolute atomic E-state index is 12.3. The molecule has 2 aromatic rings. The Bertz CT molecular complexity index is 571. The monoisotopic (exact) mass is 500 g/mol. The van der Waals surface area contributed by atoms with Crippen molar-refractivity contribution in [3.05, 3.63) is 51.9 Å². The topological polar surface area (TPSA) is 17.1 Å². The highest BCUT2D eigenvalue weighted by Crippen LogP contribution is 2.34. The van der Waals surface area contributed by atoms with E-state index in [9.17, 15) is 4.79 Å². The van der Waals surface area contributed by atoms with Crippen LogP contribution in [0.2, 0.25) is 0 Å². The van der Waals surface area contributed by atoms with Crippen LogP contribution in [-0.4, -0.2) is 5.78 Å². The third kappa shape index (κ3) is 3.29. The number of hydrogen-bond acceptors (Lipinski definition) is 2. The van der Waals surface area contributed by atoms with Gasteiger partial charge in [-0.25, -0.2) is 0 Å². The molecule has 0 saturated carbocycles. The fraction of sp³-hybridized carbons (Fsp3) is 0. The number of rotatable bonds is 2. The van der Waals surface area contributed by atoms with E-state index in [-0.39, 0.29) is 5.78 Å². The molecule has 1 aromatic carbocycles. The van der Waals surface area contributed by atoms with Crippen LogP contribution in [0.4, 0.5) is 0 Å². The second-order valence-corrected chi connectivity index (χ2v) is 8.81. The van der Waals surface area contributed by atoms with Gasteiger partial charge in [-0.1, -0.05) is 31.9 Å². The first-order chi connectivity index (χ1) is 7.97. The molecule has 0 spiro atoms. The number of carbonyl (C=O) groups excluding carboxylic acids is 1. The van der Waals surface area contributed by atoms with Crippen LogP contribution in [-0.2, 0) is 0 Å². The number of ketones is 1. The summed E-state index contributed by atoms with van der Waals surface area (Å²) >= 11 is 15.0. The SMILES string of the molecule is O=C(c1cc(Br)cc(Br)c1)c1cc(Br)sc1Br. The van der Waals surface area contributed by atoms with E-state index in [4.69, 9.17) is 0 Å². The Morgan fingerprint density at radius 2 is 1.53 bits per heavy atom. The summed E-state index contributed by atoms with van der Waals surface area (Å²) in [7, 11) is 0. The summed E-state index contributed by atoms with van der Waals surface area (Å²) in [5.74, 6) is 0.000764. The van der Waals surface area contributed by atoms with Gasteiger partial charge in [-0.3, -0.25) is 4.79 Å². The Hall–Kier alpha value is 0.510. The van der Waals surface area contributed by atoms with Crippen molar-refractivity contribution in [1.82, 2.24) is 0 Å². The first-order valence-corrected chi connectivity index (χ1v) is 8.42. The van der Waals surface area contributed by atoms with E-state index in [0.29, 0.717) is 11.1 Å². The maximum Gasteiger partial charge on any atom is 0.195 e. The van der Waals surface area contributed by atoms with Gasteiger partial charge in [0.15, 0.2) is 5.78 Å². The van der Waals surface area contributed by atoms with Gasteiger partial charge in [-0.05, 0) is 56.1 Å². The summed E-state index contributed by atoms with van der Waals surface area (Å²) < 4.78 is 3.52. The largest absolute Gasteiger partial charge is 0.289 e. The molecule has 1 nitrogen and oxygen atoms in total. The number of carbonyl (C=O) groups is 1. The Morgan fingerprint density at radius 1 is 0.941 bits per heavy atom. The average molecular weight is 504 g/mol. The van der Waals surface area contributed by atoms with Gasteiger partial charge in [0, 0.05) is 20.1 Å². The molecule has 0 radical (unpaired) electrons. The molecule has 0 aliphatic heterocycles. The number of hydrogen-bond donors (Lipinski definition) is 0. The van der Waals surface area contributed by atoms with E-state index in [1.54, 1.807) is 0 Å². The van der Waals surface area contributed by atoms with Crippen molar-refractivity contribution >= 4 is 80.8 Å². The van der Waals surface area contributed by atoms with Crippen LogP contribution in [0, 0.1) is 0 Å². The molecular weight excluding hydrogens is 500 g/mol. The molecule has 0 amide bonds. The van der Waals surface area contributed by atoms with Gasteiger partial charge in [-0.15, -0.1) is 11.3 Å². The zero-order valence-electron chi connectivity index (χ0n) is 8.14. The van der Waals surface area contributed by atoms with Gasteiger partial charge in [0.25, 0.3) is 0 Å². The maximum atomic E-state index is 12.3. The molecule has 0 bridgehead atoms. The lowest BCUT2D eigenvalue weighted by atomic mass is 10.1. The standard InChI is InChI=1S/C11H4Br4OS/c12-6-1-5(2-7(13)3-6)10(16)8-4-9(14)17-11(8)15/h1-4H. The molecule has 0 aliphatic rings. The second kappa shape index (κ2) is 5.65. The van der Waals surface area contributed by atoms with Gasteiger partial charge in [0.2, 0.25) is 0 Å². The first kappa shape index (κ1) is 13.9. The predicted molar refractivity (Wildman–Crippen MR) is 85.0 cm³/mol. The molecule has 1 heterocycles. The van der Waals surface area contributed by atoms with E-state index in [0.717, 1.165) is 16.5 Å². The molecule has 1 aromatic heterocycles. The van der Waals surface area contributed by atoms with Gasteiger partial charge in [0.05, 0.1) is 7.57 Å². The molecule has 0 atom stereocenters. The first-order valence-electron chi connectivity index (χ1n) is 4.43. The Morgan fingerprint density at radius 3 is 2.00 bits per heavy atom.